The predicted molar refractivity (Wildman–Crippen MR) is 51.8 cm³/mol. The van der Waals surface area contributed by atoms with Gasteiger partial charge in [0.05, 0.1) is 6.26 Å². The number of ketones is 1. The van der Waals surface area contributed by atoms with Crippen LogP contribution in [0.1, 0.15) is 5.76 Å². The number of rotatable bonds is 2. The number of ether oxygens (including phenoxy) is 1. The van der Waals surface area contributed by atoms with E-state index < -0.39 is 5.97 Å². The van der Waals surface area contributed by atoms with Crippen molar-refractivity contribution in [1.29, 1.82) is 0 Å². The Labute approximate surface area is 85.8 Å². The molecule has 0 unspecified atom stereocenters. The zero-order valence-electron chi connectivity index (χ0n) is 7.86. The van der Waals surface area contributed by atoms with Crippen molar-refractivity contribution in [3.05, 3.63) is 42.4 Å². The normalized spacial score (nSPS) is 18.9. The van der Waals surface area contributed by atoms with E-state index in [4.69, 9.17) is 4.42 Å². The molecule has 0 saturated carbocycles. The Balaban J connectivity index is 2.57. The molecule has 1 aliphatic heterocycles. The molecule has 15 heavy (non-hydrogen) atoms. The van der Waals surface area contributed by atoms with Crippen molar-refractivity contribution in [1.82, 2.24) is 0 Å². The number of carbonyl (C=O) groups is 2. The van der Waals surface area contributed by atoms with Crippen LogP contribution in [0, 0.1) is 0 Å². The monoisotopic (exact) mass is 204 g/mol. The Kier molecular flexibility index (Phi) is 2.25. The van der Waals surface area contributed by atoms with Gasteiger partial charge in [-0.05, 0) is 12.1 Å². The van der Waals surface area contributed by atoms with Gasteiger partial charge in [0.25, 0.3) is 0 Å². The van der Waals surface area contributed by atoms with Gasteiger partial charge in [-0.25, -0.2) is 4.79 Å². The molecular formula is C11H8O4. The van der Waals surface area contributed by atoms with Crippen molar-refractivity contribution >= 4 is 17.3 Å². The smallest absolute Gasteiger partial charge is 0.343 e. The molecule has 0 amide bonds. The minimum Gasteiger partial charge on any atom is -0.464 e. The number of allylic oxidation sites excluding steroid dienone is 2. The summed E-state index contributed by atoms with van der Waals surface area (Å²) in [6, 6.07) is 3.33. The fraction of sp³-hybridized carbons (Fsp3) is 0.0909. The summed E-state index contributed by atoms with van der Waals surface area (Å²) in [6.45, 7) is 3.35. The first-order chi connectivity index (χ1) is 7.24. The maximum Gasteiger partial charge on any atom is 0.343 e. The molecule has 4 nitrogen and oxygen atoms in total. The third-order valence-corrected chi connectivity index (χ3v) is 2.08. The SMILES string of the molecule is C=CC(=C1C(=O)COC1=O)c1ccco1. The van der Waals surface area contributed by atoms with E-state index in [1.165, 1.54) is 12.3 Å². The Morgan fingerprint density at radius 3 is 2.73 bits per heavy atom. The molecule has 0 spiro atoms. The van der Waals surface area contributed by atoms with Crippen LogP contribution in [0.4, 0.5) is 0 Å². The molecular weight excluding hydrogens is 196 g/mol. The first-order valence-electron chi connectivity index (χ1n) is 4.35. The highest BCUT2D eigenvalue weighted by Crippen LogP contribution is 2.24. The summed E-state index contributed by atoms with van der Waals surface area (Å²) in [5, 5.41) is 0. The molecule has 2 rings (SSSR count). The van der Waals surface area contributed by atoms with Crippen LogP contribution in [-0.4, -0.2) is 18.4 Å². The van der Waals surface area contributed by atoms with Gasteiger partial charge in [0.2, 0.25) is 5.78 Å². The van der Waals surface area contributed by atoms with E-state index in [0.717, 1.165) is 0 Å². The third kappa shape index (κ3) is 1.50. The zero-order chi connectivity index (χ0) is 10.8. The molecule has 1 aliphatic rings. The summed E-state index contributed by atoms with van der Waals surface area (Å²) in [6.07, 6.45) is 2.88. The summed E-state index contributed by atoms with van der Waals surface area (Å²) in [4.78, 5) is 22.7. The summed E-state index contributed by atoms with van der Waals surface area (Å²) in [7, 11) is 0. The number of cyclic esters (lactones) is 1. The molecule has 1 aromatic heterocycles. The minimum atomic E-state index is -0.619. The second-order valence-electron chi connectivity index (χ2n) is 2.97. The molecule has 0 aliphatic carbocycles. The van der Waals surface area contributed by atoms with Gasteiger partial charge in [-0.15, -0.1) is 0 Å². The first kappa shape index (κ1) is 9.45. The number of hydrogen-bond donors (Lipinski definition) is 0. The quantitative estimate of drug-likeness (QED) is 0.414. The molecule has 0 atom stereocenters. The molecule has 0 bridgehead atoms. The van der Waals surface area contributed by atoms with Crippen LogP contribution in [0.5, 0.6) is 0 Å². The van der Waals surface area contributed by atoms with Gasteiger partial charge >= 0.3 is 5.97 Å². The molecule has 76 valence electrons. The number of hydrogen-bond acceptors (Lipinski definition) is 4. The van der Waals surface area contributed by atoms with E-state index in [2.05, 4.69) is 11.3 Å². The van der Waals surface area contributed by atoms with Crippen molar-refractivity contribution in [2.75, 3.05) is 6.61 Å². The standard InChI is InChI=1S/C11H8O4/c1-2-7(9-4-3-5-14-9)10-8(12)6-15-11(10)13/h2-5H,1,6H2. The van der Waals surface area contributed by atoms with Gasteiger partial charge in [-0.2, -0.15) is 0 Å². The first-order valence-corrected chi connectivity index (χ1v) is 4.35. The lowest BCUT2D eigenvalue weighted by molar-refractivity contribution is -0.135. The lowest BCUT2D eigenvalue weighted by atomic mass is 10.0. The van der Waals surface area contributed by atoms with Crippen LogP contribution in [0.25, 0.3) is 5.57 Å². The maximum absolute atomic E-state index is 11.4. The number of Topliss-reactive ketones (excluding diaryl/α,β-unsaturated/α-hetero) is 1. The molecule has 1 fully saturated rings. The second-order valence-corrected chi connectivity index (χ2v) is 2.97. The van der Waals surface area contributed by atoms with Crippen LogP contribution in [0.2, 0.25) is 0 Å². The predicted octanol–water partition coefficient (Wildman–Crippen LogP) is 1.35. The van der Waals surface area contributed by atoms with Crippen LogP contribution in [-0.2, 0) is 14.3 Å². The highest BCUT2D eigenvalue weighted by Gasteiger charge is 2.31. The second kappa shape index (κ2) is 3.57. The van der Waals surface area contributed by atoms with Crippen LogP contribution < -0.4 is 0 Å². The lowest BCUT2D eigenvalue weighted by Crippen LogP contribution is -2.04. The van der Waals surface area contributed by atoms with Crippen molar-refractivity contribution < 1.29 is 18.7 Å². The average Bonchev–Trinajstić information content (AvgIpc) is 2.83. The molecule has 0 N–H and O–H groups in total. The van der Waals surface area contributed by atoms with Gasteiger partial charge in [0.1, 0.15) is 11.3 Å². The maximum atomic E-state index is 11.4. The molecule has 2 heterocycles. The Morgan fingerprint density at radius 2 is 2.27 bits per heavy atom. The summed E-state index contributed by atoms with van der Waals surface area (Å²) < 4.78 is 9.73. The van der Waals surface area contributed by atoms with E-state index in [-0.39, 0.29) is 18.0 Å². The molecule has 1 saturated heterocycles. The summed E-state index contributed by atoms with van der Waals surface area (Å²) in [5.41, 5.74) is 0.396. The fourth-order valence-corrected chi connectivity index (χ4v) is 1.41. The molecule has 0 aromatic carbocycles. The summed E-state index contributed by atoms with van der Waals surface area (Å²) >= 11 is 0. The summed E-state index contributed by atoms with van der Waals surface area (Å²) in [5.74, 6) is -0.523. The third-order valence-electron chi connectivity index (χ3n) is 2.08. The van der Waals surface area contributed by atoms with Crippen LogP contribution >= 0.6 is 0 Å². The molecule has 4 heteroatoms. The van der Waals surface area contributed by atoms with Crippen molar-refractivity contribution in [3.8, 4) is 0 Å². The van der Waals surface area contributed by atoms with Gasteiger partial charge in [-0.3, -0.25) is 4.79 Å². The Hall–Kier alpha value is -2.10. The van der Waals surface area contributed by atoms with Crippen LogP contribution in [0.3, 0.4) is 0 Å². The van der Waals surface area contributed by atoms with E-state index in [1.807, 2.05) is 0 Å². The number of furan rings is 1. The fourth-order valence-electron chi connectivity index (χ4n) is 1.41. The van der Waals surface area contributed by atoms with Crippen LogP contribution in [0.15, 0.2) is 41.0 Å². The van der Waals surface area contributed by atoms with Crippen molar-refractivity contribution in [3.63, 3.8) is 0 Å². The lowest BCUT2D eigenvalue weighted by Gasteiger charge is -1.98. The Bertz CT molecular complexity index is 433. The number of esters is 1. The average molecular weight is 204 g/mol. The number of carbonyl (C=O) groups excluding carboxylic acids is 2. The highest BCUT2D eigenvalue weighted by molar-refractivity contribution is 6.27. The van der Waals surface area contributed by atoms with Gasteiger partial charge < -0.3 is 9.15 Å². The van der Waals surface area contributed by atoms with E-state index in [0.29, 0.717) is 11.3 Å². The largest absolute Gasteiger partial charge is 0.464 e. The van der Waals surface area contributed by atoms with Gasteiger partial charge in [0, 0.05) is 5.57 Å². The van der Waals surface area contributed by atoms with E-state index >= 15 is 0 Å². The molecule has 0 radical (unpaired) electrons. The Morgan fingerprint density at radius 1 is 1.47 bits per heavy atom. The van der Waals surface area contributed by atoms with Gasteiger partial charge in [0.15, 0.2) is 6.61 Å². The highest BCUT2D eigenvalue weighted by atomic mass is 16.5. The zero-order valence-corrected chi connectivity index (χ0v) is 7.86. The van der Waals surface area contributed by atoms with E-state index in [1.54, 1.807) is 12.1 Å². The van der Waals surface area contributed by atoms with E-state index in [9.17, 15) is 9.59 Å². The minimum absolute atomic E-state index is 0.0138. The van der Waals surface area contributed by atoms with Gasteiger partial charge in [-0.1, -0.05) is 12.7 Å². The topological polar surface area (TPSA) is 56.5 Å². The van der Waals surface area contributed by atoms with Crippen molar-refractivity contribution in [2.24, 2.45) is 0 Å². The molecule has 1 aromatic rings. The van der Waals surface area contributed by atoms with Crippen molar-refractivity contribution in [2.45, 2.75) is 0 Å².